The van der Waals surface area contributed by atoms with Gasteiger partial charge in [-0.05, 0) is 36.8 Å². The zero-order chi connectivity index (χ0) is 15.9. The number of carbonyl (C=O) groups is 2. The highest BCUT2D eigenvalue weighted by Crippen LogP contribution is 2.10. The van der Waals surface area contributed by atoms with Gasteiger partial charge < -0.3 is 10.6 Å². The molecule has 0 aromatic heterocycles. The average molecular weight is 317 g/mol. The van der Waals surface area contributed by atoms with E-state index in [4.69, 9.17) is 11.6 Å². The molecule has 0 atom stereocenters. The molecular weight excluding hydrogens is 300 g/mol. The summed E-state index contributed by atoms with van der Waals surface area (Å²) in [7, 11) is 0. The van der Waals surface area contributed by atoms with E-state index in [1.165, 1.54) is 0 Å². The fourth-order valence-electron chi connectivity index (χ4n) is 1.96. The predicted octanol–water partition coefficient (Wildman–Crippen LogP) is 2.69. The van der Waals surface area contributed by atoms with Crippen LogP contribution in [0.5, 0.6) is 0 Å². The van der Waals surface area contributed by atoms with Gasteiger partial charge in [-0.2, -0.15) is 0 Å². The summed E-state index contributed by atoms with van der Waals surface area (Å²) in [5.41, 5.74) is 2.45. The summed E-state index contributed by atoms with van der Waals surface area (Å²) in [4.78, 5) is 23.7. The van der Waals surface area contributed by atoms with Gasteiger partial charge >= 0.3 is 0 Å². The molecule has 0 spiro atoms. The number of aryl methyl sites for hydroxylation is 1. The molecule has 2 amide bonds. The zero-order valence-corrected chi connectivity index (χ0v) is 13.0. The molecule has 0 heterocycles. The van der Waals surface area contributed by atoms with Crippen LogP contribution >= 0.6 is 11.6 Å². The molecule has 0 unspecified atom stereocenters. The second kappa shape index (κ2) is 7.61. The Morgan fingerprint density at radius 3 is 2.55 bits per heavy atom. The van der Waals surface area contributed by atoms with Crippen LogP contribution in [0.2, 0.25) is 5.02 Å². The molecule has 0 radical (unpaired) electrons. The molecule has 4 nitrogen and oxygen atoms in total. The van der Waals surface area contributed by atoms with Gasteiger partial charge in [0.2, 0.25) is 5.91 Å². The van der Waals surface area contributed by atoms with Gasteiger partial charge in [0, 0.05) is 17.1 Å². The average Bonchev–Trinajstić information content (AvgIpc) is 2.50. The van der Waals surface area contributed by atoms with E-state index in [1.807, 2.05) is 31.2 Å². The van der Waals surface area contributed by atoms with Crippen molar-refractivity contribution in [3.63, 3.8) is 0 Å². The molecule has 2 aromatic rings. The van der Waals surface area contributed by atoms with Crippen LogP contribution in [-0.2, 0) is 11.3 Å². The smallest absolute Gasteiger partial charge is 0.251 e. The number of hydrogen-bond donors (Lipinski definition) is 2. The molecule has 0 aliphatic heterocycles. The normalized spacial score (nSPS) is 10.1. The fourth-order valence-corrected chi connectivity index (χ4v) is 2.17. The third-order valence-corrected chi connectivity index (χ3v) is 3.30. The van der Waals surface area contributed by atoms with Crippen LogP contribution in [0.4, 0.5) is 0 Å². The Bertz CT molecular complexity index is 686. The lowest BCUT2D eigenvalue weighted by Crippen LogP contribution is -2.36. The Morgan fingerprint density at radius 2 is 1.82 bits per heavy atom. The first-order chi connectivity index (χ1) is 10.5. The van der Waals surface area contributed by atoms with Crippen LogP contribution in [0, 0.1) is 6.92 Å². The maximum absolute atomic E-state index is 11.9. The molecule has 2 N–H and O–H groups in total. The maximum atomic E-state index is 11.9. The first-order valence-electron chi connectivity index (χ1n) is 6.90. The lowest BCUT2D eigenvalue weighted by atomic mass is 10.1. The largest absolute Gasteiger partial charge is 0.350 e. The van der Waals surface area contributed by atoms with E-state index in [-0.39, 0.29) is 18.4 Å². The first kappa shape index (κ1) is 16.0. The summed E-state index contributed by atoms with van der Waals surface area (Å²) in [6, 6.07) is 14.5. The van der Waals surface area contributed by atoms with Crippen molar-refractivity contribution in [1.82, 2.24) is 10.6 Å². The lowest BCUT2D eigenvalue weighted by molar-refractivity contribution is -0.120. The molecular formula is C17H17ClN2O2. The summed E-state index contributed by atoms with van der Waals surface area (Å²) >= 11 is 5.87. The van der Waals surface area contributed by atoms with Crippen molar-refractivity contribution in [2.75, 3.05) is 6.54 Å². The Kier molecular flexibility index (Phi) is 5.55. The summed E-state index contributed by atoms with van der Waals surface area (Å²) in [5, 5.41) is 5.95. The van der Waals surface area contributed by atoms with Gasteiger partial charge in [-0.1, -0.05) is 41.4 Å². The van der Waals surface area contributed by atoms with Gasteiger partial charge in [0.05, 0.1) is 6.54 Å². The van der Waals surface area contributed by atoms with E-state index in [2.05, 4.69) is 10.6 Å². The molecule has 0 aliphatic carbocycles. The molecule has 114 valence electrons. The molecule has 0 fully saturated rings. The van der Waals surface area contributed by atoms with Crippen molar-refractivity contribution in [1.29, 1.82) is 0 Å². The minimum Gasteiger partial charge on any atom is -0.350 e. The van der Waals surface area contributed by atoms with Gasteiger partial charge in [0.25, 0.3) is 5.91 Å². The number of rotatable bonds is 5. The molecule has 0 aliphatic rings. The quantitative estimate of drug-likeness (QED) is 0.891. The van der Waals surface area contributed by atoms with Gasteiger partial charge in [0.1, 0.15) is 0 Å². The highest BCUT2D eigenvalue weighted by atomic mass is 35.5. The number of benzene rings is 2. The van der Waals surface area contributed by atoms with E-state index >= 15 is 0 Å². The molecule has 0 saturated heterocycles. The number of nitrogens with one attached hydrogen (secondary N) is 2. The number of halogens is 1. The maximum Gasteiger partial charge on any atom is 0.251 e. The lowest BCUT2D eigenvalue weighted by Gasteiger charge is -2.08. The van der Waals surface area contributed by atoms with Crippen molar-refractivity contribution >= 4 is 23.4 Å². The molecule has 2 rings (SSSR count). The second-order valence-electron chi connectivity index (χ2n) is 4.96. The number of amides is 2. The van der Waals surface area contributed by atoms with Crippen LogP contribution in [0.15, 0.2) is 48.5 Å². The van der Waals surface area contributed by atoms with E-state index < -0.39 is 0 Å². The number of carbonyl (C=O) groups excluding carboxylic acids is 2. The topological polar surface area (TPSA) is 58.2 Å². The van der Waals surface area contributed by atoms with Crippen molar-refractivity contribution < 1.29 is 9.59 Å². The van der Waals surface area contributed by atoms with E-state index in [9.17, 15) is 9.59 Å². The minimum atomic E-state index is -0.262. The highest BCUT2D eigenvalue weighted by Gasteiger charge is 2.08. The standard InChI is InChI=1S/C17H17ClN2O2/c1-12-4-2-6-14(8-12)17(22)20-11-16(21)19-10-13-5-3-7-15(18)9-13/h2-9H,10-11H2,1H3,(H,19,21)(H,20,22). The highest BCUT2D eigenvalue weighted by molar-refractivity contribution is 6.30. The third kappa shape index (κ3) is 4.90. The van der Waals surface area contributed by atoms with Gasteiger partial charge in [0.15, 0.2) is 0 Å². The fraction of sp³-hybridized carbons (Fsp3) is 0.176. The molecule has 5 heteroatoms. The van der Waals surface area contributed by atoms with Crippen LogP contribution in [0.1, 0.15) is 21.5 Å². The Hall–Kier alpha value is -2.33. The first-order valence-corrected chi connectivity index (χ1v) is 7.28. The second-order valence-corrected chi connectivity index (χ2v) is 5.40. The SMILES string of the molecule is Cc1cccc(C(=O)NCC(=O)NCc2cccc(Cl)c2)c1. The van der Waals surface area contributed by atoms with Crippen LogP contribution < -0.4 is 10.6 Å². The Labute approximate surface area is 134 Å². The van der Waals surface area contributed by atoms with Crippen molar-refractivity contribution in [2.24, 2.45) is 0 Å². The Balaban J connectivity index is 1.79. The van der Waals surface area contributed by atoms with Crippen LogP contribution in [0.3, 0.4) is 0 Å². The van der Waals surface area contributed by atoms with Crippen LogP contribution in [0.25, 0.3) is 0 Å². The predicted molar refractivity (Wildman–Crippen MR) is 86.8 cm³/mol. The summed E-state index contributed by atoms with van der Waals surface area (Å²) < 4.78 is 0. The molecule has 2 aromatic carbocycles. The van der Waals surface area contributed by atoms with Gasteiger partial charge in [-0.25, -0.2) is 0 Å². The molecule has 22 heavy (non-hydrogen) atoms. The zero-order valence-electron chi connectivity index (χ0n) is 12.2. The van der Waals surface area contributed by atoms with E-state index in [1.54, 1.807) is 24.3 Å². The van der Waals surface area contributed by atoms with Crippen molar-refractivity contribution in [2.45, 2.75) is 13.5 Å². The van der Waals surface area contributed by atoms with Crippen LogP contribution in [-0.4, -0.2) is 18.4 Å². The minimum absolute atomic E-state index is 0.0622. The Morgan fingerprint density at radius 1 is 1.05 bits per heavy atom. The molecule has 0 bridgehead atoms. The van der Waals surface area contributed by atoms with E-state index in [0.29, 0.717) is 17.1 Å². The van der Waals surface area contributed by atoms with Gasteiger partial charge in [-0.15, -0.1) is 0 Å². The molecule has 0 saturated carbocycles. The monoisotopic (exact) mass is 316 g/mol. The summed E-state index contributed by atoms with van der Waals surface area (Å²) in [6.45, 7) is 2.22. The van der Waals surface area contributed by atoms with E-state index in [0.717, 1.165) is 11.1 Å². The van der Waals surface area contributed by atoms with Gasteiger partial charge in [-0.3, -0.25) is 9.59 Å². The summed E-state index contributed by atoms with van der Waals surface area (Å²) in [5.74, 6) is -0.511. The summed E-state index contributed by atoms with van der Waals surface area (Å²) in [6.07, 6.45) is 0. The third-order valence-electron chi connectivity index (χ3n) is 3.07. The van der Waals surface area contributed by atoms with Crippen molar-refractivity contribution in [3.05, 3.63) is 70.2 Å². The number of hydrogen-bond acceptors (Lipinski definition) is 2. The van der Waals surface area contributed by atoms with Crippen molar-refractivity contribution in [3.8, 4) is 0 Å².